The molecule has 1 aliphatic rings. The van der Waals surface area contributed by atoms with Crippen molar-refractivity contribution in [2.45, 2.75) is 25.2 Å². The van der Waals surface area contributed by atoms with Gasteiger partial charge in [-0.1, -0.05) is 23.7 Å². The van der Waals surface area contributed by atoms with Crippen LogP contribution in [0.5, 0.6) is 0 Å². The summed E-state index contributed by atoms with van der Waals surface area (Å²) >= 11 is 5.72. The van der Waals surface area contributed by atoms with Gasteiger partial charge in [-0.3, -0.25) is 0 Å². The van der Waals surface area contributed by atoms with Crippen LogP contribution >= 0.6 is 11.6 Å². The lowest BCUT2D eigenvalue weighted by Gasteiger charge is -2.10. The van der Waals surface area contributed by atoms with Crippen LogP contribution in [0.25, 0.3) is 0 Å². The second kappa shape index (κ2) is 3.50. The highest BCUT2D eigenvalue weighted by Crippen LogP contribution is 2.43. The Morgan fingerprint density at radius 1 is 1.14 bits per heavy atom. The summed E-state index contributed by atoms with van der Waals surface area (Å²) < 4.78 is 25.8. The number of benzene rings is 1. The van der Waals surface area contributed by atoms with Crippen molar-refractivity contribution in [2.75, 3.05) is 0 Å². The monoisotopic (exact) mass is 215 g/mol. The maximum absolute atomic E-state index is 12.9. The second-order valence-electron chi connectivity index (χ2n) is 3.64. The molecule has 0 spiro atoms. The van der Waals surface area contributed by atoms with Gasteiger partial charge in [-0.25, -0.2) is 8.78 Å². The van der Waals surface area contributed by atoms with Crippen molar-refractivity contribution in [3.05, 3.63) is 40.8 Å². The molecule has 2 rings (SSSR count). The Bertz CT molecular complexity index is 319. The fraction of sp³-hybridized carbons (Fsp3) is 0.364. The van der Waals surface area contributed by atoms with E-state index in [4.69, 9.17) is 11.6 Å². The van der Waals surface area contributed by atoms with Crippen molar-refractivity contribution in [1.29, 1.82) is 0 Å². The van der Waals surface area contributed by atoms with E-state index in [2.05, 4.69) is 0 Å². The summed E-state index contributed by atoms with van der Waals surface area (Å²) in [5.41, 5.74) is 0.895. The van der Waals surface area contributed by atoms with E-state index in [9.17, 15) is 8.78 Å². The normalized spacial score (nSPS) is 21.4. The SMILES string of the molecule is FC1(F)CC[C](c2ccc(Cl)cc2)C1. The summed E-state index contributed by atoms with van der Waals surface area (Å²) in [5.74, 6) is -1.67. The van der Waals surface area contributed by atoms with Crippen molar-refractivity contribution >= 4 is 11.6 Å². The van der Waals surface area contributed by atoms with Gasteiger partial charge in [-0.05, 0) is 24.1 Å². The lowest BCUT2D eigenvalue weighted by molar-refractivity contribution is 0.0111. The molecule has 3 heteroatoms. The van der Waals surface area contributed by atoms with Gasteiger partial charge < -0.3 is 0 Å². The molecule has 1 aromatic carbocycles. The minimum absolute atomic E-state index is 0.0229. The van der Waals surface area contributed by atoms with Crippen LogP contribution in [-0.4, -0.2) is 5.92 Å². The molecule has 0 bridgehead atoms. The summed E-state index contributed by atoms with van der Waals surface area (Å²) in [6.45, 7) is 0. The summed E-state index contributed by atoms with van der Waals surface area (Å²) in [6.07, 6.45) is 0.369. The Kier molecular flexibility index (Phi) is 2.48. The largest absolute Gasteiger partial charge is 0.249 e. The molecule has 0 aromatic heterocycles. The first-order valence-electron chi connectivity index (χ1n) is 4.55. The Morgan fingerprint density at radius 2 is 1.79 bits per heavy atom. The first-order chi connectivity index (χ1) is 6.57. The van der Waals surface area contributed by atoms with Gasteiger partial charge in [0.25, 0.3) is 0 Å². The summed E-state index contributed by atoms with van der Waals surface area (Å²) in [6, 6.07) is 7.08. The molecular formula is C11H10ClF2. The highest BCUT2D eigenvalue weighted by molar-refractivity contribution is 6.30. The van der Waals surface area contributed by atoms with Crippen molar-refractivity contribution in [3.8, 4) is 0 Å². The van der Waals surface area contributed by atoms with Gasteiger partial charge in [0, 0.05) is 23.8 Å². The highest BCUT2D eigenvalue weighted by Gasteiger charge is 2.40. The van der Waals surface area contributed by atoms with Crippen molar-refractivity contribution in [3.63, 3.8) is 0 Å². The predicted octanol–water partition coefficient (Wildman–Crippen LogP) is 4.08. The van der Waals surface area contributed by atoms with Gasteiger partial charge in [0.15, 0.2) is 0 Å². The van der Waals surface area contributed by atoms with Gasteiger partial charge in [0.2, 0.25) is 5.92 Å². The average molecular weight is 216 g/mol. The second-order valence-corrected chi connectivity index (χ2v) is 4.08. The van der Waals surface area contributed by atoms with Crippen LogP contribution < -0.4 is 0 Å². The number of hydrogen-bond acceptors (Lipinski definition) is 0. The van der Waals surface area contributed by atoms with Crippen molar-refractivity contribution < 1.29 is 8.78 Å². The minimum Gasteiger partial charge on any atom is -0.207 e. The predicted molar refractivity (Wildman–Crippen MR) is 52.6 cm³/mol. The van der Waals surface area contributed by atoms with Crippen molar-refractivity contribution in [1.82, 2.24) is 0 Å². The van der Waals surface area contributed by atoms with E-state index in [1.165, 1.54) is 0 Å². The molecule has 0 aliphatic heterocycles. The third-order valence-corrected chi connectivity index (χ3v) is 2.77. The zero-order valence-corrected chi connectivity index (χ0v) is 8.32. The quantitative estimate of drug-likeness (QED) is 0.662. The number of halogens is 3. The Morgan fingerprint density at radius 3 is 2.29 bits per heavy atom. The molecule has 1 aliphatic carbocycles. The smallest absolute Gasteiger partial charge is 0.207 e. The summed E-state index contributed by atoms with van der Waals surface area (Å²) in [5, 5.41) is 0.638. The molecule has 1 aromatic rings. The van der Waals surface area contributed by atoms with Crippen LogP contribution in [0, 0.1) is 5.92 Å². The zero-order chi connectivity index (χ0) is 10.2. The third kappa shape index (κ3) is 2.06. The van der Waals surface area contributed by atoms with E-state index in [1.807, 2.05) is 0 Å². The highest BCUT2D eigenvalue weighted by atomic mass is 35.5. The van der Waals surface area contributed by atoms with Crippen LogP contribution in [0.2, 0.25) is 5.02 Å². The molecule has 0 unspecified atom stereocenters. The molecule has 0 atom stereocenters. The number of alkyl halides is 2. The average Bonchev–Trinajstić information content (AvgIpc) is 2.47. The van der Waals surface area contributed by atoms with Crippen LogP contribution in [0.4, 0.5) is 8.78 Å². The van der Waals surface area contributed by atoms with E-state index in [0.717, 1.165) is 11.5 Å². The molecule has 1 radical (unpaired) electrons. The van der Waals surface area contributed by atoms with Gasteiger partial charge >= 0.3 is 0 Å². The molecular weight excluding hydrogens is 206 g/mol. The van der Waals surface area contributed by atoms with Crippen LogP contribution in [0.3, 0.4) is 0 Å². The maximum Gasteiger partial charge on any atom is 0.249 e. The molecule has 0 nitrogen and oxygen atoms in total. The van der Waals surface area contributed by atoms with Crippen molar-refractivity contribution in [2.24, 2.45) is 0 Å². The maximum atomic E-state index is 12.9. The number of rotatable bonds is 1. The molecule has 1 saturated carbocycles. The summed E-state index contributed by atoms with van der Waals surface area (Å²) in [7, 11) is 0. The van der Waals surface area contributed by atoms with E-state index in [1.54, 1.807) is 24.3 Å². The first-order valence-corrected chi connectivity index (χ1v) is 4.93. The molecule has 0 heterocycles. The van der Waals surface area contributed by atoms with E-state index in [-0.39, 0.29) is 12.8 Å². The zero-order valence-electron chi connectivity index (χ0n) is 7.56. The van der Waals surface area contributed by atoms with E-state index < -0.39 is 5.92 Å². The van der Waals surface area contributed by atoms with Gasteiger partial charge in [0.1, 0.15) is 0 Å². The van der Waals surface area contributed by atoms with Gasteiger partial charge in [-0.2, -0.15) is 0 Å². The topological polar surface area (TPSA) is 0 Å². The molecule has 14 heavy (non-hydrogen) atoms. The fourth-order valence-corrected chi connectivity index (χ4v) is 1.88. The first kappa shape index (κ1) is 9.91. The standard InChI is InChI=1S/C11H10ClF2/c12-10-3-1-8(2-4-10)9-5-6-11(13,14)7-9/h1-4H,5-7H2. The lowest BCUT2D eigenvalue weighted by Crippen LogP contribution is -2.09. The van der Waals surface area contributed by atoms with Crippen LogP contribution in [0.15, 0.2) is 24.3 Å². The lowest BCUT2D eigenvalue weighted by atomic mass is 9.98. The molecule has 75 valence electrons. The Labute approximate surface area is 86.9 Å². The Balaban J connectivity index is 2.14. The summed E-state index contributed by atoms with van der Waals surface area (Å²) in [4.78, 5) is 0. The van der Waals surface area contributed by atoms with Crippen LogP contribution in [0.1, 0.15) is 24.8 Å². The third-order valence-electron chi connectivity index (χ3n) is 2.52. The molecule has 0 saturated heterocycles. The number of hydrogen-bond donors (Lipinski definition) is 0. The minimum atomic E-state index is -2.50. The van der Waals surface area contributed by atoms with E-state index >= 15 is 0 Å². The molecule has 1 fully saturated rings. The Hall–Kier alpha value is -0.630. The molecule has 0 N–H and O–H groups in total. The molecule has 0 amide bonds. The van der Waals surface area contributed by atoms with Crippen LogP contribution in [-0.2, 0) is 0 Å². The van der Waals surface area contributed by atoms with E-state index in [0.29, 0.717) is 11.4 Å². The van der Waals surface area contributed by atoms with Gasteiger partial charge in [0.05, 0.1) is 0 Å². The fourth-order valence-electron chi connectivity index (χ4n) is 1.75. The van der Waals surface area contributed by atoms with Gasteiger partial charge in [-0.15, -0.1) is 0 Å².